The largest absolute Gasteiger partial charge is 0.494 e. The second kappa shape index (κ2) is 14.1. The summed E-state index contributed by atoms with van der Waals surface area (Å²) in [7, 11) is 2.47. The van der Waals surface area contributed by atoms with Crippen molar-refractivity contribution in [2.24, 2.45) is 19.1 Å². The van der Waals surface area contributed by atoms with Crippen LogP contribution in [0.5, 0.6) is 5.88 Å². The minimum atomic E-state index is -1.45. The summed E-state index contributed by atoms with van der Waals surface area (Å²) < 4.78 is 61.0. The molecule has 0 aromatic carbocycles. The molecule has 1 aromatic rings. The van der Waals surface area contributed by atoms with Gasteiger partial charge in [0.25, 0.3) is 5.56 Å². The van der Waals surface area contributed by atoms with E-state index >= 15 is 0 Å². The minimum absolute atomic E-state index is 0.248. The number of aromatic hydroxyl groups is 1. The SMILES string of the molecule is CC(=O)OC[C@H]1O[C@H](OC[C@H]2O[C@@H]3OC(C)(C)O[C@@H]3[C@H]3OC(C)(C)O[C@H]32)[C@H](N=Cc2c(O)n(C)c(=O)n(C)c2=O)[C@@H](OC(C)=O)[C@@H]1OC(C)=O. The van der Waals surface area contributed by atoms with Gasteiger partial charge in [-0.05, 0) is 27.7 Å². The maximum Gasteiger partial charge on any atom is 0.333 e. The van der Waals surface area contributed by atoms with Gasteiger partial charge in [0.05, 0.1) is 6.61 Å². The van der Waals surface area contributed by atoms with Crippen LogP contribution in [0.1, 0.15) is 54.0 Å². The highest BCUT2D eigenvalue weighted by Crippen LogP contribution is 2.44. The van der Waals surface area contributed by atoms with Crippen molar-refractivity contribution in [3.05, 3.63) is 26.4 Å². The standard InChI is InChI=1S/C31H43N3O16/c1-13(35)41-11-17-20(43-14(2)36)22(44-15(3)37)19(32-10-16-25(38)33(8)29(40)34(9)26(16)39)27(45-17)42-12-18-21-23(48-30(4,5)47-21)24-28(46-18)50-31(6,7)49-24/h10,17-24,27-28,38H,11-12H2,1-9H3/t17-,18-,19-,20-,21+,22-,23+,24-,27+,28-/m1/s1. The fourth-order valence-corrected chi connectivity index (χ4v) is 6.33. The predicted molar refractivity (Wildman–Crippen MR) is 165 cm³/mol. The van der Waals surface area contributed by atoms with Crippen molar-refractivity contribution in [3.8, 4) is 5.88 Å². The molecule has 0 radical (unpaired) electrons. The molecular formula is C31H43N3O16. The van der Waals surface area contributed by atoms with Crippen molar-refractivity contribution in [1.82, 2.24) is 9.13 Å². The number of fused-ring (bicyclic) bond motifs is 3. The molecule has 1 N–H and O–H groups in total. The number of nitrogens with zero attached hydrogens (tertiary/aromatic N) is 3. The van der Waals surface area contributed by atoms with E-state index in [1.165, 1.54) is 21.0 Å². The predicted octanol–water partition coefficient (Wildman–Crippen LogP) is -0.858. The van der Waals surface area contributed by atoms with Crippen molar-refractivity contribution >= 4 is 24.1 Å². The average molecular weight is 714 g/mol. The number of ether oxygens (including phenoxy) is 10. The summed E-state index contributed by atoms with van der Waals surface area (Å²) in [6.07, 6.45) is -8.14. The fourth-order valence-electron chi connectivity index (χ4n) is 6.33. The van der Waals surface area contributed by atoms with Gasteiger partial charge in [0.15, 0.2) is 36.4 Å². The summed E-state index contributed by atoms with van der Waals surface area (Å²) in [6.45, 7) is 9.67. The molecule has 19 nitrogen and oxygen atoms in total. The summed E-state index contributed by atoms with van der Waals surface area (Å²) in [5.41, 5.74) is -2.05. The van der Waals surface area contributed by atoms with Crippen LogP contribution in [-0.4, -0.2) is 125 Å². The van der Waals surface area contributed by atoms with E-state index < -0.39 is 115 Å². The molecule has 5 heterocycles. The Kier molecular flexibility index (Phi) is 10.6. The molecule has 4 aliphatic rings. The van der Waals surface area contributed by atoms with E-state index in [1.807, 2.05) is 0 Å². The molecule has 4 fully saturated rings. The van der Waals surface area contributed by atoms with E-state index in [-0.39, 0.29) is 12.2 Å². The molecule has 50 heavy (non-hydrogen) atoms. The number of carbonyl (C=O) groups is 3. The summed E-state index contributed by atoms with van der Waals surface area (Å²) in [6, 6.07) is -1.38. The lowest BCUT2D eigenvalue weighted by atomic mass is 9.96. The van der Waals surface area contributed by atoms with E-state index in [4.69, 9.17) is 47.4 Å². The molecule has 0 aliphatic carbocycles. The molecule has 10 atom stereocenters. The Morgan fingerprint density at radius 3 is 2.04 bits per heavy atom. The van der Waals surface area contributed by atoms with E-state index in [1.54, 1.807) is 27.7 Å². The van der Waals surface area contributed by atoms with Gasteiger partial charge in [0, 0.05) is 41.1 Å². The highest BCUT2D eigenvalue weighted by molar-refractivity contribution is 5.82. The van der Waals surface area contributed by atoms with Gasteiger partial charge in [-0.15, -0.1) is 0 Å². The molecular weight excluding hydrogens is 670 g/mol. The maximum absolute atomic E-state index is 13.0. The smallest absolute Gasteiger partial charge is 0.333 e. The number of hydrogen-bond donors (Lipinski definition) is 1. The van der Waals surface area contributed by atoms with Gasteiger partial charge in [-0.1, -0.05) is 0 Å². The zero-order valence-corrected chi connectivity index (χ0v) is 29.2. The Hall–Kier alpha value is -3.72. The number of aromatic nitrogens is 2. The molecule has 4 saturated heterocycles. The third-order valence-electron chi connectivity index (χ3n) is 8.39. The molecule has 0 saturated carbocycles. The van der Waals surface area contributed by atoms with Gasteiger partial charge >= 0.3 is 23.6 Å². The Balaban J connectivity index is 1.52. The Morgan fingerprint density at radius 2 is 1.40 bits per heavy atom. The van der Waals surface area contributed by atoms with Crippen LogP contribution in [0.3, 0.4) is 0 Å². The Bertz CT molecular complexity index is 1630. The van der Waals surface area contributed by atoms with Crippen molar-refractivity contribution in [2.75, 3.05) is 13.2 Å². The lowest BCUT2D eigenvalue weighted by Gasteiger charge is -2.44. The molecule has 0 spiro atoms. The van der Waals surface area contributed by atoms with Gasteiger partial charge in [0.1, 0.15) is 48.7 Å². The van der Waals surface area contributed by atoms with Crippen molar-refractivity contribution in [2.45, 2.75) is 121 Å². The van der Waals surface area contributed by atoms with E-state index in [9.17, 15) is 29.1 Å². The van der Waals surface area contributed by atoms with Gasteiger partial charge in [0.2, 0.25) is 5.88 Å². The number of esters is 3. The third kappa shape index (κ3) is 7.78. The molecule has 4 aliphatic heterocycles. The summed E-state index contributed by atoms with van der Waals surface area (Å²) in [4.78, 5) is 66.2. The second-order valence-electron chi connectivity index (χ2n) is 13.2. The number of rotatable bonds is 9. The van der Waals surface area contributed by atoms with Crippen LogP contribution in [0.4, 0.5) is 0 Å². The molecule has 5 rings (SSSR count). The zero-order chi connectivity index (χ0) is 36.9. The van der Waals surface area contributed by atoms with Crippen LogP contribution < -0.4 is 11.2 Å². The number of hydrogen-bond acceptors (Lipinski definition) is 17. The van der Waals surface area contributed by atoms with Gasteiger partial charge in [-0.25, -0.2) is 4.79 Å². The summed E-state index contributed by atoms with van der Waals surface area (Å²) in [5.74, 6) is -4.93. The van der Waals surface area contributed by atoms with Gasteiger partial charge in [-0.3, -0.25) is 33.3 Å². The lowest BCUT2D eigenvalue weighted by molar-refractivity contribution is -0.293. The van der Waals surface area contributed by atoms with Crippen molar-refractivity contribution in [1.29, 1.82) is 0 Å². The van der Waals surface area contributed by atoms with Gasteiger partial charge in [-0.2, -0.15) is 0 Å². The highest BCUT2D eigenvalue weighted by Gasteiger charge is 2.61. The zero-order valence-electron chi connectivity index (χ0n) is 29.2. The molecule has 0 amide bonds. The Morgan fingerprint density at radius 1 is 0.800 bits per heavy atom. The quantitative estimate of drug-likeness (QED) is 0.187. The van der Waals surface area contributed by atoms with Gasteiger partial charge < -0.3 is 52.5 Å². The normalized spacial score (nSPS) is 34.2. The number of carbonyl (C=O) groups excluding carboxylic acids is 3. The summed E-state index contributed by atoms with van der Waals surface area (Å²) in [5, 5.41) is 10.7. The summed E-state index contributed by atoms with van der Waals surface area (Å²) >= 11 is 0. The molecule has 19 heteroatoms. The van der Waals surface area contributed by atoms with E-state index in [2.05, 4.69) is 4.99 Å². The number of aliphatic imine (C=N–C) groups is 1. The average Bonchev–Trinajstić information content (AvgIpc) is 3.51. The topological polar surface area (TPSA) is 220 Å². The maximum atomic E-state index is 13.0. The molecule has 1 aromatic heterocycles. The first-order chi connectivity index (χ1) is 23.3. The fraction of sp³-hybridized carbons (Fsp3) is 0.742. The van der Waals surface area contributed by atoms with Crippen LogP contribution in [0.15, 0.2) is 14.6 Å². The first-order valence-electron chi connectivity index (χ1n) is 15.9. The highest BCUT2D eigenvalue weighted by atomic mass is 16.9. The van der Waals surface area contributed by atoms with Crippen LogP contribution in [0, 0.1) is 0 Å². The molecule has 0 unspecified atom stereocenters. The van der Waals surface area contributed by atoms with Crippen LogP contribution in [0.25, 0.3) is 0 Å². The van der Waals surface area contributed by atoms with Crippen LogP contribution in [0.2, 0.25) is 0 Å². The van der Waals surface area contributed by atoms with Crippen LogP contribution in [-0.2, 0) is 75.8 Å². The minimum Gasteiger partial charge on any atom is -0.494 e. The van der Waals surface area contributed by atoms with E-state index in [0.717, 1.165) is 29.2 Å². The first-order valence-corrected chi connectivity index (χ1v) is 15.9. The monoisotopic (exact) mass is 713 g/mol. The molecule has 0 bridgehead atoms. The van der Waals surface area contributed by atoms with Crippen LogP contribution >= 0.6 is 0 Å². The first kappa shape index (κ1) is 37.5. The van der Waals surface area contributed by atoms with E-state index in [0.29, 0.717) is 0 Å². The lowest BCUT2D eigenvalue weighted by Crippen LogP contribution is -2.62. The second-order valence-corrected chi connectivity index (χ2v) is 13.2. The van der Waals surface area contributed by atoms with Crippen molar-refractivity contribution < 1.29 is 66.9 Å². The van der Waals surface area contributed by atoms with Crippen molar-refractivity contribution in [3.63, 3.8) is 0 Å². The molecule has 278 valence electrons. The Labute approximate surface area is 286 Å². The third-order valence-corrected chi connectivity index (χ3v) is 8.39.